The molecule has 7 atom stereocenters. The Morgan fingerprint density at radius 1 is 1.28 bits per heavy atom. The Kier molecular flexibility index (Phi) is 5.69. The van der Waals surface area contributed by atoms with Crippen molar-refractivity contribution in [2.45, 2.75) is 84.2 Å². The van der Waals surface area contributed by atoms with Crippen LogP contribution >= 0.6 is 0 Å². The number of hydrogen-bond acceptors (Lipinski definition) is 5. The molecule has 2 aliphatic heterocycles. The van der Waals surface area contributed by atoms with E-state index in [9.17, 15) is 9.90 Å². The number of esters is 1. The molecule has 4 fully saturated rings. The van der Waals surface area contributed by atoms with Gasteiger partial charge in [-0.2, -0.15) is 0 Å². The van der Waals surface area contributed by atoms with Gasteiger partial charge in [0.15, 0.2) is 6.29 Å². The second kappa shape index (κ2) is 7.82. The third-order valence-electron chi connectivity index (χ3n) is 8.28. The first-order chi connectivity index (χ1) is 13.8. The Bertz CT molecular complexity index is 699. The molecular formula is C24H36O5. The van der Waals surface area contributed by atoms with Crippen LogP contribution in [0.2, 0.25) is 0 Å². The van der Waals surface area contributed by atoms with Crippen LogP contribution in [0.4, 0.5) is 0 Å². The second-order valence-electron chi connectivity index (χ2n) is 10.0. The number of carbonyl (C=O) groups is 1. The van der Waals surface area contributed by atoms with Gasteiger partial charge >= 0.3 is 5.97 Å². The van der Waals surface area contributed by atoms with Gasteiger partial charge in [0, 0.05) is 5.41 Å². The molecule has 0 aromatic heterocycles. The fourth-order valence-electron chi connectivity index (χ4n) is 6.63. The summed E-state index contributed by atoms with van der Waals surface area (Å²) in [4.78, 5) is 11.9. The normalized spacial score (nSPS) is 46.3. The summed E-state index contributed by atoms with van der Waals surface area (Å²) in [7, 11) is 0. The molecule has 5 nitrogen and oxygen atoms in total. The van der Waals surface area contributed by atoms with Gasteiger partial charge in [-0.25, -0.2) is 4.79 Å². The van der Waals surface area contributed by atoms with E-state index < -0.39 is 6.10 Å². The molecule has 0 aromatic carbocycles. The first kappa shape index (κ1) is 21.1. The lowest BCUT2D eigenvalue weighted by Crippen LogP contribution is -2.61. The molecule has 2 saturated carbocycles. The van der Waals surface area contributed by atoms with Crippen molar-refractivity contribution in [1.29, 1.82) is 0 Å². The molecule has 0 aromatic rings. The Hall–Kier alpha value is -1.17. The fraction of sp³-hybridized carbons (Fsp3) is 0.792. The molecule has 1 unspecified atom stereocenters. The second-order valence-corrected chi connectivity index (χ2v) is 10.0. The predicted octanol–water partition coefficient (Wildman–Crippen LogP) is 4.15. The maximum Gasteiger partial charge on any atom is 0.336 e. The number of aliphatic hydroxyl groups is 1. The minimum Gasteiger partial charge on any atom is -0.459 e. The number of allylic oxidation sites excluding steroid dienone is 2. The van der Waals surface area contributed by atoms with E-state index in [2.05, 4.69) is 27.4 Å². The lowest BCUT2D eigenvalue weighted by atomic mass is 9.46. The summed E-state index contributed by atoms with van der Waals surface area (Å²) in [5, 5.41) is 10.0. The van der Waals surface area contributed by atoms with Crippen LogP contribution < -0.4 is 0 Å². The highest BCUT2D eigenvalue weighted by molar-refractivity contribution is 5.91. The van der Waals surface area contributed by atoms with E-state index in [1.807, 2.05) is 6.08 Å². The zero-order chi connectivity index (χ0) is 20.8. The van der Waals surface area contributed by atoms with Crippen LogP contribution in [0.25, 0.3) is 0 Å². The van der Waals surface area contributed by atoms with Crippen molar-refractivity contribution in [1.82, 2.24) is 0 Å². The number of rotatable bonds is 4. The molecule has 5 heteroatoms. The topological polar surface area (TPSA) is 65.0 Å². The molecule has 29 heavy (non-hydrogen) atoms. The molecular weight excluding hydrogens is 368 g/mol. The highest BCUT2D eigenvalue weighted by Gasteiger charge is 2.60. The molecule has 1 N–H and O–H groups in total. The number of hydrogen-bond donors (Lipinski definition) is 1. The number of ether oxygens (including phenoxy) is 3. The number of carbonyl (C=O) groups excluding carboxylic acids is 1. The molecule has 2 aliphatic carbocycles. The highest BCUT2D eigenvalue weighted by Crippen LogP contribution is 2.63. The van der Waals surface area contributed by atoms with Crippen LogP contribution in [0, 0.1) is 22.7 Å². The summed E-state index contributed by atoms with van der Waals surface area (Å²) in [6.45, 7) is 12.2. The summed E-state index contributed by atoms with van der Waals surface area (Å²) in [6.07, 6.45) is 8.31. The third-order valence-corrected chi connectivity index (χ3v) is 8.28. The Labute approximate surface area is 174 Å². The summed E-state index contributed by atoms with van der Waals surface area (Å²) in [5.74, 6) is 0.401. The third kappa shape index (κ3) is 3.49. The van der Waals surface area contributed by atoms with E-state index in [0.717, 1.165) is 51.6 Å². The van der Waals surface area contributed by atoms with E-state index >= 15 is 0 Å². The summed E-state index contributed by atoms with van der Waals surface area (Å²) in [5.41, 5.74) is 1.78. The van der Waals surface area contributed by atoms with Gasteiger partial charge in [-0.1, -0.05) is 45.4 Å². The van der Waals surface area contributed by atoms with Crippen LogP contribution in [0.1, 0.15) is 65.7 Å². The molecule has 162 valence electrons. The van der Waals surface area contributed by atoms with E-state index in [1.165, 1.54) is 5.57 Å². The average molecular weight is 405 g/mol. The first-order valence-electron chi connectivity index (χ1n) is 11.3. The van der Waals surface area contributed by atoms with Gasteiger partial charge in [0.25, 0.3) is 0 Å². The standard InChI is InChI=1S/C24H36O5/c1-5-6-21-28-14-24(4)19-10-7-15(2)17(23(19,3)12-11-20(24)29-21)9-8-16-18(25)13-27-22(16)26/h8,17-21,25H,2,5-7,9-14H2,1,3-4H3/b16-8+/t17-,18-,19+,20-,21?,23+,24+/m1/s1. The zero-order valence-electron chi connectivity index (χ0n) is 18.1. The van der Waals surface area contributed by atoms with Crippen LogP contribution in [-0.4, -0.2) is 42.8 Å². The van der Waals surface area contributed by atoms with Crippen molar-refractivity contribution in [2.24, 2.45) is 22.7 Å². The van der Waals surface area contributed by atoms with Crippen molar-refractivity contribution in [2.75, 3.05) is 13.2 Å². The van der Waals surface area contributed by atoms with Crippen molar-refractivity contribution in [3.63, 3.8) is 0 Å². The van der Waals surface area contributed by atoms with E-state index in [-0.39, 0.29) is 35.8 Å². The first-order valence-corrected chi connectivity index (χ1v) is 11.3. The van der Waals surface area contributed by atoms with Crippen molar-refractivity contribution < 1.29 is 24.1 Å². The fourth-order valence-corrected chi connectivity index (χ4v) is 6.63. The van der Waals surface area contributed by atoms with Gasteiger partial charge < -0.3 is 19.3 Å². The van der Waals surface area contributed by atoms with Crippen LogP contribution in [0.5, 0.6) is 0 Å². The van der Waals surface area contributed by atoms with Crippen LogP contribution in [0.15, 0.2) is 23.8 Å². The highest BCUT2D eigenvalue weighted by atomic mass is 16.7. The Morgan fingerprint density at radius 3 is 2.76 bits per heavy atom. The minimum absolute atomic E-state index is 0.00906. The maximum atomic E-state index is 11.9. The molecule has 0 radical (unpaired) electrons. The largest absolute Gasteiger partial charge is 0.459 e. The van der Waals surface area contributed by atoms with Gasteiger partial charge in [-0.05, 0) is 55.8 Å². The molecule has 0 spiro atoms. The van der Waals surface area contributed by atoms with Gasteiger partial charge in [0.2, 0.25) is 0 Å². The Morgan fingerprint density at radius 2 is 2.07 bits per heavy atom. The van der Waals surface area contributed by atoms with E-state index in [0.29, 0.717) is 17.4 Å². The summed E-state index contributed by atoms with van der Waals surface area (Å²) < 4.78 is 17.6. The van der Waals surface area contributed by atoms with E-state index in [1.54, 1.807) is 0 Å². The minimum atomic E-state index is -0.799. The smallest absolute Gasteiger partial charge is 0.336 e. The number of cyclic esters (lactones) is 1. The zero-order valence-corrected chi connectivity index (χ0v) is 18.1. The molecule has 0 bridgehead atoms. The average Bonchev–Trinajstić information content (AvgIpc) is 3.00. The molecule has 2 saturated heterocycles. The SMILES string of the molecule is C=C1CC[C@@H]2[C@]3(C)COC(CCC)O[C@@H]3CC[C@@]2(C)[C@@H]1C/C=C1/C(=O)OC[C@H]1O. The molecule has 2 heterocycles. The van der Waals surface area contributed by atoms with Gasteiger partial charge in [-0.15, -0.1) is 0 Å². The number of fused-ring (bicyclic) bond motifs is 3. The maximum absolute atomic E-state index is 11.9. The van der Waals surface area contributed by atoms with E-state index in [4.69, 9.17) is 14.2 Å². The van der Waals surface area contributed by atoms with Gasteiger partial charge in [0.1, 0.15) is 12.7 Å². The lowest BCUT2D eigenvalue weighted by Gasteiger charge is -2.62. The van der Waals surface area contributed by atoms with Crippen LogP contribution in [0.3, 0.4) is 0 Å². The summed E-state index contributed by atoms with van der Waals surface area (Å²) >= 11 is 0. The number of aliphatic hydroxyl groups excluding tert-OH is 1. The molecule has 4 aliphatic rings. The van der Waals surface area contributed by atoms with Gasteiger partial charge in [0.05, 0.1) is 18.3 Å². The molecule has 0 amide bonds. The molecule has 4 rings (SSSR count). The predicted molar refractivity (Wildman–Crippen MR) is 110 cm³/mol. The van der Waals surface area contributed by atoms with Crippen LogP contribution in [-0.2, 0) is 19.0 Å². The quantitative estimate of drug-likeness (QED) is 0.433. The lowest BCUT2D eigenvalue weighted by molar-refractivity contribution is -0.304. The van der Waals surface area contributed by atoms with Crippen molar-refractivity contribution in [3.05, 3.63) is 23.8 Å². The summed E-state index contributed by atoms with van der Waals surface area (Å²) in [6, 6.07) is 0. The monoisotopic (exact) mass is 404 g/mol. The van der Waals surface area contributed by atoms with Crippen molar-refractivity contribution in [3.8, 4) is 0 Å². The van der Waals surface area contributed by atoms with Gasteiger partial charge in [-0.3, -0.25) is 0 Å². The Balaban J connectivity index is 1.56. The van der Waals surface area contributed by atoms with Crippen molar-refractivity contribution >= 4 is 5.97 Å².